The van der Waals surface area contributed by atoms with Crippen molar-refractivity contribution in [2.75, 3.05) is 26.3 Å². The fourth-order valence-corrected chi connectivity index (χ4v) is 4.89. The molecule has 0 radical (unpaired) electrons. The third-order valence-electron chi connectivity index (χ3n) is 5.29. The smallest absolute Gasteiger partial charge is 0.257 e. The Balaban J connectivity index is 1.62. The lowest BCUT2D eigenvalue weighted by atomic mass is 10.1. The van der Waals surface area contributed by atoms with E-state index in [1.165, 1.54) is 27.4 Å². The van der Waals surface area contributed by atoms with Crippen molar-refractivity contribution in [3.8, 4) is 0 Å². The fraction of sp³-hybridized carbons (Fsp3) is 0.381. The van der Waals surface area contributed by atoms with Crippen LogP contribution in [-0.2, 0) is 21.3 Å². The molecule has 0 atom stereocenters. The molecule has 2 fully saturated rings. The molecule has 2 aromatic rings. The molecule has 0 N–H and O–H groups in total. The summed E-state index contributed by atoms with van der Waals surface area (Å²) in [6.07, 6.45) is 1.58. The molecule has 160 valence electrons. The summed E-state index contributed by atoms with van der Waals surface area (Å²) < 4.78 is 60.0. The first-order valence-electron chi connectivity index (χ1n) is 9.79. The number of morpholine rings is 1. The Bertz CT molecular complexity index is 1030. The molecule has 2 aliphatic rings. The van der Waals surface area contributed by atoms with Gasteiger partial charge in [0.2, 0.25) is 10.0 Å². The lowest BCUT2D eigenvalue weighted by molar-refractivity contribution is 0.0722. The van der Waals surface area contributed by atoms with Crippen LogP contribution in [0.1, 0.15) is 28.8 Å². The van der Waals surface area contributed by atoms with Gasteiger partial charge in [-0.3, -0.25) is 4.79 Å². The third-order valence-corrected chi connectivity index (χ3v) is 7.19. The first kappa shape index (κ1) is 20.9. The minimum absolute atomic E-state index is 0.0403. The predicted molar refractivity (Wildman–Crippen MR) is 105 cm³/mol. The summed E-state index contributed by atoms with van der Waals surface area (Å²) in [6, 6.07) is 9.04. The molecular formula is C21H22F2N2O4S. The van der Waals surface area contributed by atoms with Crippen LogP contribution in [0.2, 0.25) is 0 Å². The van der Waals surface area contributed by atoms with E-state index < -0.39 is 21.7 Å². The molecule has 0 aromatic heterocycles. The van der Waals surface area contributed by atoms with Gasteiger partial charge in [-0.15, -0.1) is 0 Å². The van der Waals surface area contributed by atoms with Gasteiger partial charge in [-0.05, 0) is 48.7 Å². The Morgan fingerprint density at radius 3 is 2.37 bits per heavy atom. The molecule has 9 heteroatoms. The van der Waals surface area contributed by atoms with E-state index in [1.807, 2.05) is 0 Å². The summed E-state index contributed by atoms with van der Waals surface area (Å²) in [5.41, 5.74) is 0.437. The highest BCUT2D eigenvalue weighted by Crippen LogP contribution is 2.31. The zero-order valence-corrected chi connectivity index (χ0v) is 17.1. The maximum absolute atomic E-state index is 14.6. The van der Waals surface area contributed by atoms with Gasteiger partial charge in [0.1, 0.15) is 11.6 Å². The molecule has 1 amide bonds. The molecular weight excluding hydrogens is 414 g/mol. The zero-order valence-electron chi connectivity index (χ0n) is 16.3. The topological polar surface area (TPSA) is 66.9 Å². The molecule has 1 heterocycles. The maximum atomic E-state index is 14.6. The highest BCUT2D eigenvalue weighted by Gasteiger charge is 2.35. The van der Waals surface area contributed by atoms with E-state index in [2.05, 4.69) is 0 Å². The van der Waals surface area contributed by atoms with E-state index in [0.29, 0.717) is 18.8 Å². The second kappa shape index (κ2) is 8.41. The minimum Gasteiger partial charge on any atom is -0.379 e. The van der Waals surface area contributed by atoms with Crippen LogP contribution >= 0.6 is 0 Å². The SMILES string of the molecule is O=C(c1cc(S(=O)(=O)N2CCOCC2)ccc1F)N(Cc1ccc(F)cc1)C1CC1. The molecule has 2 aromatic carbocycles. The molecule has 0 bridgehead atoms. The number of nitrogens with zero attached hydrogens (tertiary/aromatic N) is 2. The number of sulfonamides is 1. The van der Waals surface area contributed by atoms with Crippen LogP contribution in [0.4, 0.5) is 8.78 Å². The second-order valence-electron chi connectivity index (χ2n) is 7.45. The van der Waals surface area contributed by atoms with Gasteiger partial charge in [-0.2, -0.15) is 4.31 Å². The molecule has 0 spiro atoms. The fourth-order valence-electron chi connectivity index (χ4n) is 3.46. The van der Waals surface area contributed by atoms with Crippen molar-refractivity contribution >= 4 is 15.9 Å². The average molecular weight is 436 g/mol. The van der Waals surface area contributed by atoms with E-state index in [-0.39, 0.29) is 42.0 Å². The first-order chi connectivity index (χ1) is 14.4. The zero-order chi connectivity index (χ0) is 21.3. The van der Waals surface area contributed by atoms with E-state index in [0.717, 1.165) is 25.0 Å². The van der Waals surface area contributed by atoms with E-state index in [4.69, 9.17) is 4.74 Å². The van der Waals surface area contributed by atoms with Gasteiger partial charge in [0, 0.05) is 25.7 Å². The van der Waals surface area contributed by atoms with Crippen molar-refractivity contribution in [3.05, 3.63) is 65.2 Å². The van der Waals surface area contributed by atoms with Gasteiger partial charge < -0.3 is 9.64 Å². The minimum atomic E-state index is -3.85. The van der Waals surface area contributed by atoms with Crippen molar-refractivity contribution in [1.29, 1.82) is 0 Å². The van der Waals surface area contributed by atoms with Gasteiger partial charge in [-0.25, -0.2) is 17.2 Å². The number of carbonyl (C=O) groups excluding carboxylic acids is 1. The monoisotopic (exact) mass is 436 g/mol. The van der Waals surface area contributed by atoms with Crippen LogP contribution in [0.25, 0.3) is 0 Å². The largest absolute Gasteiger partial charge is 0.379 e. The van der Waals surface area contributed by atoms with Crippen molar-refractivity contribution < 1.29 is 26.7 Å². The van der Waals surface area contributed by atoms with Crippen LogP contribution in [0.5, 0.6) is 0 Å². The molecule has 6 nitrogen and oxygen atoms in total. The molecule has 4 rings (SSSR count). The molecule has 0 unspecified atom stereocenters. The number of ether oxygens (including phenoxy) is 1. The number of halogens is 2. The summed E-state index contributed by atoms with van der Waals surface area (Å²) in [5, 5.41) is 0. The molecule has 1 saturated heterocycles. The van der Waals surface area contributed by atoms with Gasteiger partial charge in [0.05, 0.1) is 23.7 Å². The molecule has 30 heavy (non-hydrogen) atoms. The number of carbonyl (C=O) groups is 1. The average Bonchev–Trinajstić information content (AvgIpc) is 3.59. The van der Waals surface area contributed by atoms with Crippen molar-refractivity contribution in [3.63, 3.8) is 0 Å². The molecule has 1 aliphatic carbocycles. The Kier molecular flexibility index (Phi) is 5.86. The number of hydrogen-bond donors (Lipinski definition) is 0. The van der Waals surface area contributed by atoms with Crippen LogP contribution in [-0.4, -0.2) is 55.9 Å². The van der Waals surface area contributed by atoms with Gasteiger partial charge >= 0.3 is 0 Å². The summed E-state index contributed by atoms with van der Waals surface area (Å²) >= 11 is 0. The number of benzene rings is 2. The van der Waals surface area contributed by atoms with Crippen molar-refractivity contribution in [2.45, 2.75) is 30.3 Å². The van der Waals surface area contributed by atoms with Crippen molar-refractivity contribution in [1.82, 2.24) is 9.21 Å². The summed E-state index contributed by atoms with van der Waals surface area (Å²) in [5.74, 6) is -1.72. The Morgan fingerprint density at radius 1 is 1.07 bits per heavy atom. The normalized spacial score (nSPS) is 17.7. The second-order valence-corrected chi connectivity index (χ2v) is 9.39. The van der Waals surface area contributed by atoms with E-state index >= 15 is 0 Å². The van der Waals surface area contributed by atoms with E-state index in [1.54, 1.807) is 12.1 Å². The number of hydrogen-bond acceptors (Lipinski definition) is 4. The lowest BCUT2D eigenvalue weighted by Crippen LogP contribution is -2.40. The van der Waals surface area contributed by atoms with Crippen LogP contribution < -0.4 is 0 Å². The number of rotatable bonds is 6. The van der Waals surface area contributed by atoms with E-state index in [9.17, 15) is 22.0 Å². The van der Waals surface area contributed by atoms with Crippen LogP contribution in [0.15, 0.2) is 47.4 Å². The predicted octanol–water partition coefficient (Wildman–Crippen LogP) is 2.79. The Morgan fingerprint density at radius 2 is 1.73 bits per heavy atom. The highest BCUT2D eigenvalue weighted by atomic mass is 32.2. The van der Waals surface area contributed by atoms with Gasteiger partial charge in [-0.1, -0.05) is 12.1 Å². The maximum Gasteiger partial charge on any atom is 0.257 e. The third kappa shape index (κ3) is 4.38. The highest BCUT2D eigenvalue weighted by molar-refractivity contribution is 7.89. The Hall–Kier alpha value is -2.36. The quantitative estimate of drug-likeness (QED) is 0.699. The lowest BCUT2D eigenvalue weighted by Gasteiger charge is -2.26. The van der Waals surface area contributed by atoms with Crippen molar-refractivity contribution in [2.24, 2.45) is 0 Å². The van der Waals surface area contributed by atoms with Gasteiger partial charge in [0.25, 0.3) is 5.91 Å². The van der Waals surface area contributed by atoms with Crippen LogP contribution in [0, 0.1) is 11.6 Å². The summed E-state index contributed by atoms with van der Waals surface area (Å²) in [6.45, 7) is 1.20. The van der Waals surface area contributed by atoms with Crippen LogP contribution in [0.3, 0.4) is 0 Å². The number of amides is 1. The Labute approximate surface area is 174 Å². The standard InChI is InChI=1S/C21H22F2N2O4S/c22-16-3-1-15(2-4-16)14-25(17-5-6-17)21(26)19-13-18(7-8-20(19)23)30(27,28)24-9-11-29-12-10-24/h1-4,7-8,13,17H,5-6,9-12,14H2. The molecule has 1 saturated carbocycles. The van der Waals surface area contributed by atoms with Gasteiger partial charge in [0.15, 0.2) is 0 Å². The summed E-state index contributed by atoms with van der Waals surface area (Å²) in [7, 11) is -3.85. The molecule has 1 aliphatic heterocycles. The summed E-state index contributed by atoms with van der Waals surface area (Å²) in [4.78, 5) is 14.6. The first-order valence-corrected chi connectivity index (χ1v) is 11.2.